The van der Waals surface area contributed by atoms with Gasteiger partial charge in [-0.1, -0.05) is 27.5 Å². The van der Waals surface area contributed by atoms with Crippen LogP contribution in [0.25, 0.3) is 0 Å². The quantitative estimate of drug-likeness (QED) is 0.846. The van der Waals surface area contributed by atoms with Crippen molar-refractivity contribution in [1.82, 2.24) is 0 Å². The molecule has 0 aliphatic heterocycles. The second-order valence-electron chi connectivity index (χ2n) is 3.74. The molecule has 2 aromatic rings. The van der Waals surface area contributed by atoms with Crippen molar-refractivity contribution < 1.29 is 9.13 Å². The molecule has 2 N–H and O–H groups in total. The van der Waals surface area contributed by atoms with Gasteiger partial charge in [-0.3, -0.25) is 0 Å². The molecule has 0 spiro atoms. The van der Waals surface area contributed by atoms with E-state index in [-0.39, 0.29) is 12.4 Å². The number of hydrogen-bond donors (Lipinski definition) is 1. The average Bonchev–Trinajstić information content (AvgIpc) is 2.29. The zero-order chi connectivity index (χ0) is 13.1. The highest BCUT2D eigenvalue weighted by atomic mass is 79.9. The van der Waals surface area contributed by atoms with Crippen molar-refractivity contribution >= 4 is 33.2 Å². The second kappa shape index (κ2) is 5.59. The van der Waals surface area contributed by atoms with Crippen molar-refractivity contribution in [3.05, 3.63) is 57.3 Å². The van der Waals surface area contributed by atoms with Crippen LogP contribution in [0.4, 0.5) is 10.1 Å². The largest absolute Gasteiger partial charge is 0.489 e. The molecule has 2 aromatic carbocycles. The topological polar surface area (TPSA) is 35.2 Å². The lowest BCUT2D eigenvalue weighted by Crippen LogP contribution is -1.99. The Bertz CT molecular complexity index is 557. The molecule has 0 aliphatic rings. The van der Waals surface area contributed by atoms with Gasteiger partial charge in [0.05, 0.1) is 0 Å². The maximum atomic E-state index is 13.5. The Morgan fingerprint density at radius 2 is 2.00 bits per heavy atom. The fourth-order valence-electron chi connectivity index (χ4n) is 1.48. The summed E-state index contributed by atoms with van der Waals surface area (Å²) < 4.78 is 19.7. The van der Waals surface area contributed by atoms with Crippen molar-refractivity contribution in [2.45, 2.75) is 6.61 Å². The van der Waals surface area contributed by atoms with Gasteiger partial charge in [-0.15, -0.1) is 0 Å². The average molecular weight is 331 g/mol. The number of nitrogen functional groups attached to an aromatic ring is 1. The van der Waals surface area contributed by atoms with E-state index in [1.807, 2.05) is 0 Å². The predicted octanol–water partition coefficient (Wildman–Crippen LogP) is 4.40. The van der Waals surface area contributed by atoms with Crippen molar-refractivity contribution in [3.8, 4) is 5.75 Å². The second-order valence-corrected chi connectivity index (χ2v) is 5.10. The third-order valence-electron chi connectivity index (χ3n) is 2.30. The van der Waals surface area contributed by atoms with Crippen LogP contribution in [0, 0.1) is 5.82 Å². The van der Waals surface area contributed by atoms with Crippen LogP contribution in [0.1, 0.15) is 5.56 Å². The van der Waals surface area contributed by atoms with Crippen LogP contribution in [0.3, 0.4) is 0 Å². The van der Waals surface area contributed by atoms with Crippen LogP contribution in [0.15, 0.2) is 40.9 Å². The van der Waals surface area contributed by atoms with Gasteiger partial charge < -0.3 is 10.5 Å². The van der Waals surface area contributed by atoms with Gasteiger partial charge in [0.15, 0.2) is 0 Å². The fourth-order valence-corrected chi connectivity index (χ4v) is 2.17. The standard InChI is InChI=1S/C13H10BrClFNO/c14-9-4-11(17)6-12(5-9)18-7-8-3-10(15)1-2-13(8)16/h1-6H,7,17H2. The van der Waals surface area contributed by atoms with E-state index in [1.165, 1.54) is 18.2 Å². The molecule has 2 nitrogen and oxygen atoms in total. The van der Waals surface area contributed by atoms with Gasteiger partial charge in [0.2, 0.25) is 0 Å². The number of ether oxygens (including phenoxy) is 1. The highest BCUT2D eigenvalue weighted by Gasteiger charge is 2.05. The van der Waals surface area contributed by atoms with Crippen LogP contribution in [0.5, 0.6) is 5.75 Å². The zero-order valence-corrected chi connectivity index (χ0v) is 11.6. The molecule has 0 unspecified atom stereocenters. The molecule has 18 heavy (non-hydrogen) atoms. The summed E-state index contributed by atoms with van der Waals surface area (Å²) >= 11 is 9.11. The Balaban J connectivity index is 2.13. The number of benzene rings is 2. The van der Waals surface area contributed by atoms with E-state index < -0.39 is 0 Å². The molecule has 0 aliphatic carbocycles. The summed E-state index contributed by atoms with van der Waals surface area (Å²) in [7, 11) is 0. The summed E-state index contributed by atoms with van der Waals surface area (Å²) in [6.45, 7) is 0.0995. The molecule has 0 amide bonds. The Labute approximate surface area is 118 Å². The van der Waals surface area contributed by atoms with Crippen molar-refractivity contribution in [2.75, 3.05) is 5.73 Å². The number of halogens is 3. The molecule has 0 aromatic heterocycles. The number of hydrogen-bond acceptors (Lipinski definition) is 2. The van der Waals surface area contributed by atoms with Gasteiger partial charge in [-0.25, -0.2) is 4.39 Å². The highest BCUT2D eigenvalue weighted by Crippen LogP contribution is 2.24. The normalized spacial score (nSPS) is 10.4. The minimum absolute atomic E-state index is 0.0995. The van der Waals surface area contributed by atoms with Crippen molar-refractivity contribution in [2.24, 2.45) is 0 Å². The first kappa shape index (κ1) is 13.2. The predicted molar refractivity (Wildman–Crippen MR) is 74.3 cm³/mol. The Morgan fingerprint density at radius 3 is 2.72 bits per heavy atom. The lowest BCUT2D eigenvalue weighted by Gasteiger charge is -2.08. The number of rotatable bonds is 3. The fraction of sp³-hybridized carbons (Fsp3) is 0.0769. The van der Waals surface area contributed by atoms with Crippen LogP contribution in [0.2, 0.25) is 5.02 Å². The Hall–Kier alpha value is -1.26. The summed E-state index contributed by atoms with van der Waals surface area (Å²) in [5.74, 6) is 0.226. The van der Waals surface area contributed by atoms with E-state index in [9.17, 15) is 4.39 Å². The molecule has 0 atom stereocenters. The summed E-state index contributed by atoms with van der Waals surface area (Å²) in [6, 6.07) is 9.55. The molecular formula is C13H10BrClFNO. The van der Waals surface area contributed by atoms with E-state index in [2.05, 4.69) is 15.9 Å². The van der Waals surface area contributed by atoms with E-state index in [0.29, 0.717) is 22.0 Å². The van der Waals surface area contributed by atoms with Gasteiger partial charge in [0, 0.05) is 26.8 Å². The first-order valence-corrected chi connectivity index (χ1v) is 6.34. The maximum absolute atomic E-state index is 13.5. The molecule has 0 saturated carbocycles. The third kappa shape index (κ3) is 3.37. The van der Waals surface area contributed by atoms with Gasteiger partial charge >= 0.3 is 0 Å². The van der Waals surface area contributed by atoms with Crippen LogP contribution < -0.4 is 10.5 Å². The molecule has 94 valence electrons. The van der Waals surface area contributed by atoms with Gasteiger partial charge in [0.1, 0.15) is 18.2 Å². The van der Waals surface area contributed by atoms with Crippen LogP contribution in [-0.4, -0.2) is 0 Å². The molecule has 0 heterocycles. The highest BCUT2D eigenvalue weighted by molar-refractivity contribution is 9.10. The first-order chi connectivity index (χ1) is 8.54. The summed E-state index contributed by atoms with van der Waals surface area (Å²) in [5.41, 5.74) is 6.66. The molecular weight excluding hydrogens is 321 g/mol. The van der Waals surface area contributed by atoms with Gasteiger partial charge in [0.25, 0.3) is 0 Å². The van der Waals surface area contributed by atoms with Crippen LogP contribution >= 0.6 is 27.5 Å². The van der Waals surface area contributed by atoms with Crippen molar-refractivity contribution in [1.29, 1.82) is 0 Å². The monoisotopic (exact) mass is 329 g/mol. The van der Waals surface area contributed by atoms with Crippen LogP contribution in [-0.2, 0) is 6.61 Å². The number of anilines is 1. The molecule has 2 rings (SSSR count). The lowest BCUT2D eigenvalue weighted by atomic mass is 10.2. The SMILES string of the molecule is Nc1cc(Br)cc(OCc2cc(Cl)ccc2F)c1. The first-order valence-electron chi connectivity index (χ1n) is 5.17. The van der Waals surface area contributed by atoms with Gasteiger partial charge in [-0.05, 0) is 30.3 Å². The molecule has 0 bridgehead atoms. The Kier molecular flexibility index (Phi) is 4.09. The zero-order valence-electron chi connectivity index (χ0n) is 9.29. The van der Waals surface area contributed by atoms with E-state index >= 15 is 0 Å². The molecule has 0 fully saturated rings. The third-order valence-corrected chi connectivity index (χ3v) is 2.99. The Morgan fingerprint density at radius 1 is 1.22 bits per heavy atom. The maximum Gasteiger partial charge on any atom is 0.129 e. The van der Waals surface area contributed by atoms with E-state index in [4.69, 9.17) is 22.1 Å². The minimum Gasteiger partial charge on any atom is -0.489 e. The lowest BCUT2D eigenvalue weighted by molar-refractivity contribution is 0.300. The van der Waals surface area contributed by atoms with E-state index in [1.54, 1.807) is 18.2 Å². The summed E-state index contributed by atoms with van der Waals surface area (Å²) in [6.07, 6.45) is 0. The molecule has 0 radical (unpaired) electrons. The smallest absolute Gasteiger partial charge is 0.129 e. The van der Waals surface area contributed by atoms with E-state index in [0.717, 1.165) is 4.47 Å². The molecule has 5 heteroatoms. The number of nitrogens with two attached hydrogens (primary N) is 1. The van der Waals surface area contributed by atoms with Crippen molar-refractivity contribution in [3.63, 3.8) is 0 Å². The summed E-state index contributed by atoms with van der Waals surface area (Å²) in [5, 5.41) is 0.476. The van der Waals surface area contributed by atoms with Gasteiger partial charge in [-0.2, -0.15) is 0 Å². The minimum atomic E-state index is -0.345. The molecule has 0 saturated heterocycles. The summed E-state index contributed by atoms with van der Waals surface area (Å²) in [4.78, 5) is 0.